The maximum atomic E-state index is 12.9. The zero-order valence-electron chi connectivity index (χ0n) is 17.6. The van der Waals surface area contributed by atoms with Crippen molar-refractivity contribution in [2.75, 3.05) is 17.2 Å². The Morgan fingerprint density at radius 2 is 1.90 bits per heavy atom. The number of carbonyl (C=O) groups excluding carboxylic acids is 1. The molecule has 1 amide bonds. The fourth-order valence-corrected chi connectivity index (χ4v) is 5.47. The molecule has 0 aliphatic heterocycles. The first kappa shape index (κ1) is 21.3. The van der Waals surface area contributed by atoms with Crippen LogP contribution in [-0.2, 0) is 4.79 Å². The first-order valence-electron chi connectivity index (χ1n) is 10.1. The van der Waals surface area contributed by atoms with Gasteiger partial charge in [0.2, 0.25) is 5.91 Å². The number of thioether (sulfide) groups is 1. The molecule has 0 bridgehead atoms. The third-order valence-electron chi connectivity index (χ3n) is 5.04. The van der Waals surface area contributed by atoms with Crippen LogP contribution < -0.4 is 10.5 Å². The minimum Gasteiger partial charge on any atom is -0.312 e. The SMILES string of the molecule is CCN(C(=O)CSc1nc2sc(C)c(-c3ccccc3)c2c(=O)[nH]1)c1cccc(C)c1. The Labute approximate surface area is 189 Å². The van der Waals surface area contributed by atoms with E-state index in [-0.39, 0.29) is 17.2 Å². The van der Waals surface area contributed by atoms with Gasteiger partial charge in [0.25, 0.3) is 5.56 Å². The van der Waals surface area contributed by atoms with Crippen LogP contribution in [-0.4, -0.2) is 28.2 Å². The van der Waals surface area contributed by atoms with Crippen molar-refractivity contribution in [3.8, 4) is 11.1 Å². The maximum absolute atomic E-state index is 12.9. The number of carbonyl (C=O) groups is 1. The second-order valence-electron chi connectivity index (χ2n) is 7.22. The number of nitrogens with zero attached hydrogens (tertiary/aromatic N) is 2. The summed E-state index contributed by atoms with van der Waals surface area (Å²) in [6.07, 6.45) is 0. The lowest BCUT2D eigenvalue weighted by atomic mass is 10.0. The number of benzene rings is 2. The van der Waals surface area contributed by atoms with Gasteiger partial charge >= 0.3 is 0 Å². The van der Waals surface area contributed by atoms with E-state index in [2.05, 4.69) is 9.97 Å². The van der Waals surface area contributed by atoms with Crippen LogP contribution in [0.3, 0.4) is 0 Å². The lowest BCUT2D eigenvalue weighted by Gasteiger charge is -2.21. The summed E-state index contributed by atoms with van der Waals surface area (Å²) in [4.78, 5) is 36.7. The van der Waals surface area contributed by atoms with Gasteiger partial charge in [0.05, 0.1) is 11.1 Å². The third kappa shape index (κ3) is 4.43. The van der Waals surface area contributed by atoms with Gasteiger partial charge in [0, 0.05) is 22.7 Å². The Morgan fingerprint density at radius 1 is 1.13 bits per heavy atom. The van der Waals surface area contributed by atoms with E-state index < -0.39 is 0 Å². The highest BCUT2D eigenvalue weighted by molar-refractivity contribution is 7.99. The zero-order chi connectivity index (χ0) is 22.0. The number of nitrogens with one attached hydrogen (secondary N) is 1. The number of H-pyrrole nitrogens is 1. The minimum absolute atomic E-state index is 0.0202. The molecule has 1 N–H and O–H groups in total. The second kappa shape index (κ2) is 9.08. The van der Waals surface area contributed by atoms with E-state index in [1.54, 1.807) is 4.90 Å². The summed E-state index contributed by atoms with van der Waals surface area (Å²) < 4.78 is 0. The molecule has 4 rings (SSSR count). The molecular formula is C24H23N3O2S2. The molecule has 7 heteroatoms. The van der Waals surface area contributed by atoms with E-state index in [4.69, 9.17) is 0 Å². The van der Waals surface area contributed by atoms with Gasteiger partial charge in [0.15, 0.2) is 5.16 Å². The predicted molar refractivity (Wildman–Crippen MR) is 130 cm³/mol. The molecule has 31 heavy (non-hydrogen) atoms. The Balaban J connectivity index is 1.58. The molecule has 0 spiro atoms. The summed E-state index contributed by atoms with van der Waals surface area (Å²) in [6, 6.07) is 17.8. The second-order valence-corrected chi connectivity index (χ2v) is 9.38. The van der Waals surface area contributed by atoms with Gasteiger partial charge in [-0.1, -0.05) is 54.2 Å². The standard InChI is InChI=1S/C24H23N3O2S2/c1-4-27(18-12-8-9-15(2)13-18)19(28)14-30-24-25-22(29)21-20(16(3)31-23(21)26-24)17-10-6-5-7-11-17/h5-13H,4,14H2,1-3H3,(H,25,26,29). The normalized spacial score (nSPS) is 11.1. The zero-order valence-corrected chi connectivity index (χ0v) is 19.3. The van der Waals surface area contributed by atoms with E-state index in [0.717, 1.165) is 27.3 Å². The molecular weight excluding hydrogens is 426 g/mol. The highest BCUT2D eigenvalue weighted by Crippen LogP contribution is 2.35. The molecule has 0 unspecified atom stereocenters. The number of hydrogen-bond donors (Lipinski definition) is 1. The number of aromatic amines is 1. The first-order valence-corrected chi connectivity index (χ1v) is 11.9. The summed E-state index contributed by atoms with van der Waals surface area (Å²) in [5.41, 5.74) is 3.75. The summed E-state index contributed by atoms with van der Waals surface area (Å²) in [5, 5.41) is 1.08. The molecule has 0 atom stereocenters. The summed E-state index contributed by atoms with van der Waals surface area (Å²) >= 11 is 2.77. The molecule has 158 valence electrons. The van der Waals surface area contributed by atoms with E-state index >= 15 is 0 Å². The Kier molecular flexibility index (Phi) is 6.25. The molecule has 2 aromatic heterocycles. The molecule has 0 aliphatic rings. The molecule has 2 aromatic carbocycles. The number of hydrogen-bond acceptors (Lipinski definition) is 5. The van der Waals surface area contributed by atoms with Crippen molar-refractivity contribution in [2.24, 2.45) is 0 Å². The largest absolute Gasteiger partial charge is 0.312 e. The van der Waals surface area contributed by atoms with Gasteiger partial charge in [-0.25, -0.2) is 4.98 Å². The van der Waals surface area contributed by atoms with Gasteiger partial charge in [-0.3, -0.25) is 9.59 Å². The van der Waals surface area contributed by atoms with Gasteiger partial charge < -0.3 is 9.88 Å². The van der Waals surface area contributed by atoms with Crippen molar-refractivity contribution < 1.29 is 4.79 Å². The molecule has 4 aromatic rings. The van der Waals surface area contributed by atoms with E-state index in [1.165, 1.54) is 23.1 Å². The average molecular weight is 450 g/mol. The molecule has 0 saturated heterocycles. The van der Waals surface area contributed by atoms with Crippen LogP contribution in [0.15, 0.2) is 64.5 Å². The average Bonchev–Trinajstić information content (AvgIpc) is 3.10. The number of rotatable bonds is 6. The topological polar surface area (TPSA) is 66.1 Å². The van der Waals surface area contributed by atoms with Gasteiger partial charge in [-0.05, 0) is 44.0 Å². The number of amides is 1. The minimum atomic E-state index is -0.172. The van der Waals surface area contributed by atoms with Crippen LogP contribution in [0.2, 0.25) is 0 Å². The molecule has 0 saturated carbocycles. The molecule has 5 nitrogen and oxygen atoms in total. The maximum Gasteiger partial charge on any atom is 0.260 e. The Bertz CT molecular complexity index is 1300. The van der Waals surface area contributed by atoms with Crippen molar-refractivity contribution in [2.45, 2.75) is 25.9 Å². The first-order chi connectivity index (χ1) is 15.0. The number of thiophene rings is 1. The summed E-state index contributed by atoms with van der Waals surface area (Å²) in [5.74, 6) is 0.180. The van der Waals surface area contributed by atoms with Crippen LogP contribution in [0.4, 0.5) is 5.69 Å². The third-order valence-corrected chi connectivity index (χ3v) is 6.90. The van der Waals surface area contributed by atoms with Crippen LogP contribution in [0, 0.1) is 13.8 Å². The highest BCUT2D eigenvalue weighted by Gasteiger charge is 2.18. The van der Waals surface area contributed by atoms with Crippen LogP contribution in [0.25, 0.3) is 21.3 Å². The van der Waals surface area contributed by atoms with Gasteiger partial charge in [-0.15, -0.1) is 11.3 Å². The number of aryl methyl sites for hydroxylation is 2. The smallest absolute Gasteiger partial charge is 0.260 e. The summed E-state index contributed by atoms with van der Waals surface area (Å²) in [7, 11) is 0. The molecule has 0 fully saturated rings. The highest BCUT2D eigenvalue weighted by atomic mass is 32.2. The van der Waals surface area contributed by atoms with Crippen molar-refractivity contribution in [1.82, 2.24) is 9.97 Å². The quantitative estimate of drug-likeness (QED) is 0.316. The van der Waals surface area contributed by atoms with Crippen LogP contribution in [0.5, 0.6) is 0 Å². The van der Waals surface area contributed by atoms with E-state index in [1.807, 2.05) is 75.4 Å². The number of aromatic nitrogens is 2. The van der Waals surface area contributed by atoms with Gasteiger partial charge in [-0.2, -0.15) is 0 Å². The molecule has 2 heterocycles. The van der Waals surface area contributed by atoms with Crippen molar-refractivity contribution in [3.63, 3.8) is 0 Å². The molecule has 0 radical (unpaired) electrons. The van der Waals surface area contributed by atoms with E-state index in [0.29, 0.717) is 21.9 Å². The van der Waals surface area contributed by atoms with Crippen LogP contribution >= 0.6 is 23.1 Å². The van der Waals surface area contributed by atoms with Crippen molar-refractivity contribution in [3.05, 3.63) is 75.4 Å². The number of anilines is 1. The van der Waals surface area contributed by atoms with Crippen molar-refractivity contribution >= 4 is 44.9 Å². The van der Waals surface area contributed by atoms with E-state index in [9.17, 15) is 9.59 Å². The molecule has 0 aliphatic carbocycles. The Morgan fingerprint density at radius 3 is 2.61 bits per heavy atom. The number of fused-ring (bicyclic) bond motifs is 1. The van der Waals surface area contributed by atoms with Gasteiger partial charge in [0.1, 0.15) is 4.83 Å². The van der Waals surface area contributed by atoms with Crippen LogP contribution in [0.1, 0.15) is 17.4 Å². The van der Waals surface area contributed by atoms with Crippen molar-refractivity contribution in [1.29, 1.82) is 0 Å². The fraction of sp³-hybridized carbons (Fsp3) is 0.208. The monoisotopic (exact) mass is 449 g/mol. The Hall–Kier alpha value is -2.90. The lowest BCUT2D eigenvalue weighted by molar-refractivity contribution is -0.116. The predicted octanol–water partition coefficient (Wildman–Crippen LogP) is 5.41. The lowest BCUT2D eigenvalue weighted by Crippen LogP contribution is -2.32. The summed E-state index contributed by atoms with van der Waals surface area (Å²) in [6.45, 7) is 6.55. The fourth-order valence-electron chi connectivity index (χ4n) is 3.63.